The summed E-state index contributed by atoms with van der Waals surface area (Å²) in [5.41, 5.74) is 1.76. The Morgan fingerprint density at radius 2 is 1.87 bits per heavy atom. The van der Waals surface area contributed by atoms with Crippen molar-refractivity contribution in [2.24, 2.45) is 0 Å². The first-order valence-corrected chi connectivity index (χ1v) is 7.91. The molecule has 2 aromatic rings. The number of ether oxygens (including phenoxy) is 1. The predicted molar refractivity (Wildman–Crippen MR) is 94.0 cm³/mol. The Bertz CT molecular complexity index is 644. The van der Waals surface area contributed by atoms with Gasteiger partial charge in [-0.1, -0.05) is 29.8 Å². The van der Waals surface area contributed by atoms with Gasteiger partial charge in [-0.15, -0.1) is 0 Å². The predicted octanol–water partition coefficient (Wildman–Crippen LogP) is 3.81. The largest absolute Gasteiger partial charge is 0.494 e. The van der Waals surface area contributed by atoms with E-state index in [1.165, 1.54) is 0 Å². The molecule has 0 unspecified atom stereocenters. The monoisotopic (exact) mass is 332 g/mol. The minimum absolute atomic E-state index is 0.0660. The number of carbonyl (C=O) groups excluding carboxylic acids is 1. The number of likely N-dealkylation sites (N-methyl/N-ethyl adjacent to an activating group) is 1. The molecule has 0 spiro atoms. The van der Waals surface area contributed by atoms with E-state index in [-0.39, 0.29) is 5.91 Å². The molecule has 0 bridgehead atoms. The van der Waals surface area contributed by atoms with Gasteiger partial charge in [-0.3, -0.25) is 9.69 Å². The molecule has 0 fully saturated rings. The van der Waals surface area contributed by atoms with Crippen LogP contribution in [0, 0.1) is 0 Å². The third-order valence-corrected chi connectivity index (χ3v) is 3.63. The van der Waals surface area contributed by atoms with Crippen molar-refractivity contribution in [3.63, 3.8) is 0 Å². The SMILES string of the molecule is CCOc1ccc(NC(=O)CN(C)Cc2ccccc2Cl)cc1. The fourth-order valence-corrected chi connectivity index (χ4v) is 2.42. The molecule has 1 N–H and O–H groups in total. The van der Waals surface area contributed by atoms with Crippen molar-refractivity contribution in [1.82, 2.24) is 4.90 Å². The molecule has 4 nitrogen and oxygen atoms in total. The van der Waals surface area contributed by atoms with E-state index in [0.29, 0.717) is 24.7 Å². The maximum atomic E-state index is 12.1. The van der Waals surface area contributed by atoms with Gasteiger partial charge in [0.05, 0.1) is 13.2 Å². The van der Waals surface area contributed by atoms with Crippen LogP contribution in [0.4, 0.5) is 5.69 Å². The molecule has 0 aromatic heterocycles. The van der Waals surface area contributed by atoms with E-state index in [1.807, 2.05) is 67.4 Å². The van der Waals surface area contributed by atoms with Crippen molar-refractivity contribution in [3.05, 3.63) is 59.1 Å². The number of hydrogen-bond acceptors (Lipinski definition) is 3. The van der Waals surface area contributed by atoms with Gasteiger partial charge in [0.1, 0.15) is 5.75 Å². The Morgan fingerprint density at radius 1 is 1.17 bits per heavy atom. The average Bonchev–Trinajstić information content (AvgIpc) is 2.51. The lowest BCUT2D eigenvalue weighted by Gasteiger charge is -2.17. The zero-order chi connectivity index (χ0) is 16.7. The fourth-order valence-electron chi connectivity index (χ4n) is 2.22. The van der Waals surface area contributed by atoms with Crippen LogP contribution in [0.25, 0.3) is 0 Å². The lowest BCUT2D eigenvalue weighted by Crippen LogP contribution is -2.29. The van der Waals surface area contributed by atoms with Crippen molar-refractivity contribution in [1.29, 1.82) is 0 Å². The minimum Gasteiger partial charge on any atom is -0.494 e. The molecule has 0 atom stereocenters. The molecule has 122 valence electrons. The third-order valence-electron chi connectivity index (χ3n) is 3.26. The van der Waals surface area contributed by atoms with Gasteiger partial charge in [0.2, 0.25) is 5.91 Å². The molecule has 0 saturated carbocycles. The molecule has 0 aliphatic carbocycles. The lowest BCUT2D eigenvalue weighted by atomic mass is 10.2. The minimum atomic E-state index is -0.0660. The standard InChI is InChI=1S/C18H21ClN2O2/c1-3-23-16-10-8-15(9-11-16)20-18(22)13-21(2)12-14-6-4-5-7-17(14)19/h4-11H,3,12-13H2,1-2H3,(H,20,22). The highest BCUT2D eigenvalue weighted by atomic mass is 35.5. The van der Waals surface area contributed by atoms with E-state index in [1.54, 1.807) is 0 Å². The van der Waals surface area contributed by atoms with E-state index in [2.05, 4.69) is 5.32 Å². The molecule has 0 aliphatic rings. The summed E-state index contributed by atoms with van der Waals surface area (Å²) in [5.74, 6) is 0.727. The van der Waals surface area contributed by atoms with Gasteiger partial charge in [0.15, 0.2) is 0 Å². The number of amides is 1. The summed E-state index contributed by atoms with van der Waals surface area (Å²) < 4.78 is 5.37. The molecule has 23 heavy (non-hydrogen) atoms. The highest BCUT2D eigenvalue weighted by Crippen LogP contribution is 2.17. The van der Waals surface area contributed by atoms with Crippen molar-refractivity contribution in [2.75, 3.05) is 25.5 Å². The molecule has 0 saturated heterocycles. The first-order chi connectivity index (χ1) is 11.1. The molecular weight excluding hydrogens is 312 g/mol. The second kappa shape index (κ2) is 8.56. The van der Waals surface area contributed by atoms with Gasteiger partial charge in [0, 0.05) is 17.3 Å². The molecule has 2 aromatic carbocycles. The topological polar surface area (TPSA) is 41.6 Å². The first-order valence-electron chi connectivity index (χ1n) is 7.53. The van der Waals surface area contributed by atoms with E-state index < -0.39 is 0 Å². The third kappa shape index (κ3) is 5.58. The normalized spacial score (nSPS) is 10.6. The number of halogens is 1. The second-order valence-electron chi connectivity index (χ2n) is 5.27. The van der Waals surface area contributed by atoms with Crippen LogP contribution in [0.5, 0.6) is 5.75 Å². The van der Waals surface area contributed by atoms with Gasteiger partial charge in [-0.25, -0.2) is 0 Å². The summed E-state index contributed by atoms with van der Waals surface area (Å²) in [6.07, 6.45) is 0. The molecule has 5 heteroatoms. The van der Waals surface area contributed by atoms with Crippen LogP contribution >= 0.6 is 11.6 Å². The van der Waals surface area contributed by atoms with Gasteiger partial charge < -0.3 is 10.1 Å². The quantitative estimate of drug-likeness (QED) is 0.838. The van der Waals surface area contributed by atoms with Crippen molar-refractivity contribution < 1.29 is 9.53 Å². The summed E-state index contributed by atoms with van der Waals surface area (Å²) >= 11 is 6.14. The Balaban J connectivity index is 1.85. The van der Waals surface area contributed by atoms with Gasteiger partial charge in [-0.2, -0.15) is 0 Å². The maximum Gasteiger partial charge on any atom is 0.238 e. The average molecular weight is 333 g/mol. The number of nitrogens with zero attached hydrogens (tertiary/aromatic N) is 1. The van der Waals surface area contributed by atoms with Crippen molar-refractivity contribution >= 4 is 23.2 Å². The first kappa shape index (κ1) is 17.3. The number of anilines is 1. The summed E-state index contributed by atoms with van der Waals surface area (Å²) in [7, 11) is 1.89. The highest BCUT2D eigenvalue weighted by molar-refractivity contribution is 6.31. The highest BCUT2D eigenvalue weighted by Gasteiger charge is 2.09. The molecule has 0 radical (unpaired) electrons. The van der Waals surface area contributed by atoms with E-state index >= 15 is 0 Å². The van der Waals surface area contributed by atoms with E-state index in [9.17, 15) is 4.79 Å². The summed E-state index contributed by atoms with van der Waals surface area (Å²) in [6, 6.07) is 15.0. The van der Waals surface area contributed by atoms with Crippen LogP contribution in [-0.4, -0.2) is 31.0 Å². The Kier molecular flexibility index (Phi) is 6.44. The Hall–Kier alpha value is -2.04. The van der Waals surface area contributed by atoms with E-state index in [4.69, 9.17) is 16.3 Å². The van der Waals surface area contributed by atoms with Crippen LogP contribution in [-0.2, 0) is 11.3 Å². The van der Waals surface area contributed by atoms with Gasteiger partial charge in [-0.05, 0) is 49.9 Å². The summed E-state index contributed by atoms with van der Waals surface area (Å²) in [5, 5.41) is 3.59. The van der Waals surface area contributed by atoms with Crippen LogP contribution in [0.15, 0.2) is 48.5 Å². The summed E-state index contributed by atoms with van der Waals surface area (Å²) in [4.78, 5) is 14.0. The molecule has 1 amide bonds. The van der Waals surface area contributed by atoms with Crippen molar-refractivity contribution in [2.45, 2.75) is 13.5 Å². The number of carbonyl (C=O) groups is 1. The van der Waals surface area contributed by atoms with Gasteiger partial charge in [0.25, 0.3) is 0 Å². The zero-order valence-electron chi connectivity index (χ0n) is 13.4. The Labute approximate surface area is 142 Å². The number of hydrogen-bond donors (Lipinski definition) is 1. The van der Waals surface area contributed by atoms with Gasteiger partial charge >= 0.3 is 0 Å². The number of nitrogens with one attached hydrogen (secondary N) is 1. The zero-order valence-corrected chi connectivity index (χ0v) is 14.1. The molecule has 2 rings (SSSR count). The number of benzene rings is 2. The van der Waals surface area contributed by atoms with Crippen molar-refractivity contribution in [3.8, 4) is 5.75 Å². The molecule has 0 aliphatic heterocycles. The Morgan fingerprint density at radius 3 is 2.52 bits per heavy atom. The smallest absolute Gasteiger partial charge is 0.238 e. The van der Waals surface area contributed by atoms with Crippen LogP contribution in [0.2, 0.25) is 5.02 Å². The molecule has 0 heterocycles. The molecular formula is C18H21ClN2O2. The van der Waals surface area contributed by atoms with Crippen LogP contribution < -0.4 is 10.1 Å². The van der Waals surface area contributed by atoms with E-state index in [0.717, 1.165) is 17.0 Å². The van der Waals surface area contributed by atoms with Crippen LogP contribution in [0.3, 0.4) is 0 Å². The fraction of sp³-hybridized carbons (Fsp3) is 0.278. The number of rotatable bonds is 7. The lowest BCUT2D eigenvalue weighted by molar-refractivity contribution is -0.117. The second-order valence-corrected chi connectivity index (χ2v) is 5.68. The van der Waals surface area contributed by atoms with Crippen LogP contribution in [0.1, 0.15) is 12.5 Å². The maximum absolute atomic E-state index is 12.1. The summed E-state index contributed by atoms with van der Waals surface area (Å²) in [6.45, 7) is 3.47.